The second-order valence-electron chi connectivity index (χ2n) is 2.98. The summed E-state index contributed by atoms with van der Waals surface area (Å²) in [5, 5.41) is 6.31. The molecule has 3 N–H and O–H groups in total. The molecule has 0 bridgehead atoms. The fourth-order valence-electron chi connectivity index (χ4n) is 0.961. The third-order valence-corrected chi connectivity index (χ3v) is 2.64. The maximum Gasteiger partial charge on any atom is 0.315 e. The van der Waals surface area contributed by atoms with Crippen LogP contribution in [0.3, 0.4) is 0 Å². The minimum atomic E-state index is -4.09. The van der Waals surface area contributed by atoms with Gasteiger partial charge in [-0.1, -0.05) is 0 Å². The Bertz CT molecular complexity index is 545. The van der Waals surface area contributed by atoms with Crippen LogP contribution >= 0.6 is 0 Å². The number of carbonyl (C=O) groups excluding carboxylic acids is 1. The average Bonchev–Trinajstić information content (AvgIpc) is 2.19. The maximum atomic E-state index is 13.2. The van der Waals surface area contributed by atoms with Crippen LogP contribution in [0.1, 0.15) is 0 Å². The first-order valence-electron chi connectivity index (χ1n) is 4.13. The molecule has 0 aliphatic heterocycles. The van der Waals surface area contributed by atoms with Crippen molar-refractivity contribution in [3.8, 4) is 0 Å². The van der Waals surface area contributed by atoms with Crippen LogP contribution in [0.2, 0.25) is 0 Å². The minimum absolute atomic E-state index is 0.523. The second kappa shape index (κ2) is 4.72. The molecule has 1 rings (SSSR count). The lowest BCUT2D eigenvalue weighted by Gasteiger charge is -2.06. The molecule has 1 amide bonds. The van der Waals surface area contributed by atoms with E-state index in [1.807, 2.05) is 0 Å². The van der Waals surface area contributed by atoms with Gasteiger partial charge in [-0.15, -0.1) is 0 Å². The van der Waals surface area contributed by atoms with Gasteiger partial charge in [-0.05, 0) is 18.2 Å². The molecule has 1 aromatic rings. The molecule has 0 heterocycles. The van der Waals surface area contributed by atoms with E-state index in [-0.39, 0.29) is 0 Å². The van der Waals surface area contributed by atoms with Crippen molar-refractivity contribution in [2.45, 2.75) is 11.3 Å². The first kappa shape index (κ1) is 13.5. The zero-order valence-electron chi connectivity index (χ0n) is 8.15. The largest absolute Gasteiger partial charge is 0.319 e. The number of hydrogen-bond donors (Lipinski definition) is 2. The Morgan fingerprint density at radius 1 is 1.35 bits per heavy atom. The Labute approximate surface area is 94.5 Å². The van der Waals surface area contributed by atoms with Gasteiger partial charge in [-0.2, -0.15) is 8.78 Å². The van der Waals surface area contributed by atoms with Gasteiger partial charge in [0, 0.05) is 0 Å². The summed E-state index contributed by atoms with van der Waals surface area (Å²) in [5.74, 6) is -2.86. The highest BCUT2D eigenvalue weighted by atomic mass is 32.2. The number of sulfonamides is 1. The molecule has 0 atom stereocenters. The van der Waals surface area contributed by atoms with E-state index in [0.717, 1.165) is 12.1 Å². The molecule has 0 aromatic heterocycles. The molecule has 5 nitrogen and oxygen atoms in total. The number of nitrogens with two attached hydrogens (primary N) is 1. The maximum absolute atomic E-state index is 13.2. The molecule has 0 aliphatic carbocycles. The molecule has 0 saturated heterocycles. The van der Waals surface area contributed by atoms with Gasteiger partial charge >= 0.3 is 6.43 Å². The molecular weight excluding hydrogens is 261 g/mol. The summed E-state index contributed by atoms with van der Waals surface area (Å²) in [6, 6.07) is 2.24. The topological polar surface area (TPSA) is 89.3 Å². The third-order valence-electron chi connectivity index (χ3n) is 1.73. The normalized spacial score (nSPS) is 11.6. The molecule has 0 fully saturated rings. The Morgan fingerprint density at radius 3 is 2.35 bits per heavy atom. The smallest absolute Gasteiger partial charge is 0.315 e. The summed E-state index contributed by atoms with van der Waals surface area (Å²) in [4.78, 5) is 10.1. The van der Waals surface area contributed by atoms with Gasteiger partial charge in [0.25, 0.3) is 5.91 Å². The summed E-state index contributed by atoms with van der Waals surface area (Å²) in [6.07, 6.45) is -3.30. The van der Waals surface area contributed by atoms with Crippen LogP contribution in [0.4, 0.5) is 18.9 Å². The molecule has 0 spiro atoms. The predicted octanol–water partition coefficient (Wildman–Crippen LogP) is 0.677. The van der Waals surface area contributed by atoms with Crippen LogP contribution in [0.25, 0.3) is 0 Å². The Balaban J connectivity index is 3.03. The van der Waals surface area contributed by atoms with Crippen molar-refractivity contribution in [2.75, 3.05) is 5.32 Å². The lowest BCUT2D eigenvalue weighted by atomic mass is 10.3. The third kappa shape index (κ3) is 3.43. The molecule has 94 valence electrons. The van der Waals surface area contributed by atoms with E-state index in [1.54, 1.807) is 5.32 Å². The quantitative estimate of drug-likeness (QED) is 0.844. The first-order chi connectivity index (χ1) is 7.71. The monoisotopic (exact) mass is 268 g/mol. The van der Waals surface area contributed by atoms with Crippen LogP contribution < -0.4 is 10.5 Å². The number of amides is 1. The molecular formula is C8H7F3N2O3S. The van der Waals surface area contributed by atoms with Crippen LogP contribution in [-0.4, -0.2) is 20.8 Å². The zero-order chi connectivity index (χ0) is 13.2. The van der Waals surface area contributed by atoms with E-state index >= 15 is 0 Å². The van der Waals surface area contributed by atoms with Gasteiger partial charge in [0.2, 0.25) is 10.0 Å². The van der Waals surface area contributed by atoms with E-state index in [2.05, 4.69) is 0 Å². The van der Waals surface area contributed by atoms with Gasteiger partial charge < -0.3 is 5.32 Å². The number of carbonyl (C=O) groups is 1. The Morgan fingerprint density at radius 2 is 1.94 bits per heavy atom. The van der Waals surface area contributed by atoms with Gasteiger partial charge in [0.05, 0.1) is 10.6 Å². The number of benzene rings is 1. The van der Waals surface area contributed by atoms with E-state index in [9.17, 15) is 26.4 Å². The SMILES string of the molecule is NS(=O)(=O)c1ccc(NC(=O)C(F)F)c(F)c1. The average molecular weight is 268 g/mol. The first-order valence-corrected chi connectivity index (χ1v) is 5.68. The minimum Gasteiger partial charge on any atom is -0.319 e. The van der Waals surface area contributed by atoms with Crippen molar-refractivity contribution in [1.29, 1.82) is 0 Å². The highest BCUT2D eigenvalue weighted by molar-refractivity contribution is 7.89. The van der Waals surface area contributed by atoms with Crippen LogP contribution in [-0.2, 0) is 14.8 Å². The van der Waals surface area contributed by atoms with Gasteiger partial charge in [-0.25, -0.2) is 17.9 Å². The molecule has 0 radical (unpaired) electrons. The Hall–Kier alpha value is -1.61. The number of halogens is 3. The summed E-state index contributed by atoms with van der Waals surface area (Å²) in [5.41, 5.74) is -0.553. The number of hydrogen-bond acceptors (Lipinski definition) is 3. The van der Waals surface area contributed by atoms with Crippen molar-refractivity contribution < 1.29 is 26.4 Å². The van der Waals surface area contributed by atoms with E-state index < -0.39 is 38.8 Å². The molecule has 1 aromatic carbocycles. The fraction of sp³-hybridized carbons (Fsp3) is 0.125. The van der Waals surface area contributed by atoms with E-state index in [1.165, 1.54) is 0 Å². The summed E-state index contributed by atoms with van der Waals surface area (Å²) < 4.78 is 58.6. The van der Waals surface area contributed by atoms with E-state index in [0.29, 0.717) is 6.07 Å². The highest BCUT2D eigenvalue weighted by Gasteiger charge is 2.18. The summed E-state index contributed by atoms with van der Waals surface area (Å²) in [7, 11) is -4.09. The lowest BCUT2D eigenvalue weighted by Crippen LogP contribution is -2.21. The van der Waals surface area contributed by atoms with Gasteiger partial charge in [0.1, 0.15) is 5.82 Å². The van der Waals surface area contributed by atoms with Crippen LogP contribution in [0.15, 0.2) is 23.1 Å². The van der Waals surface area contributed by atoms with Crippen LogP contribution in [0.5, 0.6) is 0 Å². The Kier molecular flexibility index (Phi) is 3.73. The zero-order valence-corrected chi connectivity index (χ0v) is 8.97. The van der Waals surface area contributed by atoms with Crippen molar-refractivity contribution in [3.63, 3.8) is 0 Å². The number of alkyl halides is 2. The van der Waals surface area contributed by atoms with E-state index in [4.69, 9.17) is 5.14 Å². The van der Waals surface area contributed by atoms with Gasteiger partial charge in [-0.3, -0.25) is 4.79 Å². The number of primary sulfonamides is 1. The molecule has 0 aliphatic rings. The van der Waals surface area contributed by atoms with Crippen molar-refractivity contribution in [3.05, 3.63) is 24.0 Å². The molecule has 17 heavy (non-hydrogen) atoms. The summed E-state index contributed by atoms with van der Waals surface area (Å²) in [6.45, 7) is 0. The second-order valence-corrected chi connectivity index (χ2v) is 4.54. The van der Waals surface area contributed by atoms with Crippen molar-refractivity contribution in [2.24, 2.45) is 5.14 Å². The number of rotatable bonds is 3. The highest BCUT2D eigenvalue weighted by Crippen LogP contribution is 2.18. The molecule has 9 heteroatoms. The van der Waals surface area contributed by atoms with Gasteiger partial charge in [0.15, 0.2) is 0 Å². The fourth-order valence-corrected chi connectivity index (χ4v) is 1.49. The molecule has 0 unspecified atom stereocenters. The number of anilines is 1. The molecule has 0 saturated carbocycles. The summed E-state index contributed by atoms with van der Waals surface area (Å²) >= 11 is 0. The predicted molar refractivity (Wildman–Crippen MR) is 52.4 cm³/mol. The van der Waals surface area contributed by atoms with Crippen molar-refractivity contribution in [1.82, 2.24) is 0 Å². The van der Waals surface area contributed by atoms with Crippen LogP contribution in [0, 0.1) is 5.82 Å². The lowest BCUT2D eigenvalue weighted by molar-refractivity contribution is -0.126. The standard InChI is InChI=1S/C8H7F3N2O3S/c9-5-3-4(17(12,15)16)1-2-6(5)13-8(14)7(10)11/h1-3,7H,(H,13,14)(H2,12,15,16). The van der Waals surface area contributed by atoms with Crippen molar-refractivity contribution >= 4 is 21.6 Å². The number of nitrogens with one attached hydrogen (secondary N) is 1.